The van der Waals surface area contributed by atoms with Crippen LogP contribution in [0.25, 0.3) is 0 Å². The van der Waals surface area contributed by atoms with Gasteiger partial charge in [-0.05, 0) is 34.1 Å². The van der Waals surface area contributed by atoms with Gasteiger partial charge in [-0.25, -0.2) is 0 Å². The fourth-order valence-electron chi connectivity index (χ4n) is 1.35. The Kier molecular flexibility index (Phi) is 4.28. The van der Waals surface area contributed by atoms with Crippen LogP contribution in [0.4, 0.5) is 5.69 Å². The molecule has 1 aromatic heterocycles. The molecular formula is C11H7BrClN3O3. The van der Waals surface area contributed by atoms with Gasteiger partial charge in [-0.15, -0.1) is 5.10 Å². The molecule has 0 aliphatic carbocycles. The zero-order valence-electron chi connectivity index (χ0n) is 9.42. The molecule has 2 rings (SSSR count). The van der Waals surface area contributed by atoms with Gasteiger partial charge in [0, 0.05) is 6.07 Å². The lowest BCUT2D eigenvalue weighted by Crippen LogP contribution is -2.02. The maximum Gasteiger partial charge on any atom is 0.312 e. The summed E-state index contributed by atoms with van der Waals surface area (Å²) in [6.45, 7) is 0.0631. The number of nitro groups is 1. The molecule has 19 heavy (non-hydrogen) atoms. The molecule has 0 unspecified atom stereocenters. The number of aromatic nitrogens is 2. The average Bonchev–Trinajstić information content (AvgIpc) is 2.39. The molecule has 1 aromatic carbocycles. The highest BCUT2D eigenvalue weighted by molar-refractivity contribution is 9.10. The molecule has 0 spiro atoms. The zero-order chi connectivity index (χ0) is 13.8. The van der Waals surface area contributed by atoms with Gasteiger partial charge >= 0.3 is 5.69 Å². The van der Waals surface area contributed by atoms with E-state index in [-0.39, 0.29) is 23.2 Å². The molecule has 0 saturated carbocycles. The Balaban J connectivity index is 2.19. The van der Waals surface area contributed by atoms with Crippen molar-refractivity contribution in [2.75, 3.05) is 0 Å². The molecule has 6 nitrogen and oxygen atoms in total. The number of para-hydroxylation sites is 1. The Morgan fingerprint density at radius 3 is 2.74 bits per heavy atom. The summed E-state index contributed by atoms with van der Waals surface area (Å²) in [5, 5.41) is 18.6. The molecule has 0 fully saturated rings. The molecule has 0 aliphatic rings. The molecule has 0 amide bonds. The van der Waals surface area contributed by atoms with E-state index < -0.39 is 4.92 Å². The van der Waals surface area contributed by atoms with Crippen LogP contribution in [-0.2, 0) is 6.61 Å². The summed E-state index contributed by atoms with van der Waals surface area (Å²) < 4.78 is 5.92. The number of hydrogen-bond acceptors (Lipinski definition) is 5. The Hall–Kier alpha value is -1.73. The van der Waals surface area contributed by atoms with Crippen LogP contribution in [0, 0.1) is 10.1 Å². The van der Waals surface area contributed by atoms with Crippen LogP contribution in [0.1, 0.15) is 5.69 Å². The molecule has 2 aromatic rings. The van der Waals surface area contributed by atoms with E-state index in [0.717, 1.165) is 0 Å². The predicted molar refractivity (Wildman–Crippen MR) is 72.2 cm³/mol. The van der Waals surface area contributed by atoms with Gasteiger partial charge in [0.1, 0.15) is 12.3 Å². The van der Waals surface area contributed by atoms with Crippen LogP contribution >= 0.6 is 27.5 Å². The van der Waals surface area contributed by atoms with Gasteiger partial charge in [-0.3, -0.25) is 10.1 Å². The van der Waals surface area contributed by atoms with E-state index in [1.54, 1.807) is 24.3 Å². The van der Waals surface area contributed by atoms with E-state index >= 15 is 0 Å². The van der Waals surface area contributed by atoms with E-state index in [2.05, 4.69) is 26.1 Å². The molecule has 0 saturated heterocycles. The van der Waals surface area contributed by atoms with Gasteiger partial charge < -0.3 is 4.74 Å². The van der Waals surface area contributed by atoms with Crippen molar-refractivity contribution in [2.24, 2.45) is 0 Å². The van der Waals surface area contributed by atoms with Gasteiger partial charge in [0.2, 0.25) is 5.75 Å². The highest BCUT2D eigenvalue weighted by Gasteiger charge is 2.18. The first-order chi connectivity index (χ1) is 9.08. The maximum absolute atomic E-state index is 10.9. The minimum absolute atomic E-state index is 0.0631. The Bertz CT molecular complexity index is 607. The minimum Gasteiger partial charge on any atom is -0.479 e. The largest absolute Gasteiger partial charge is 0.479 e. The Labute approximate surface area is 121 Å². The Morgan fingerprint density at radius 2 is 2.11 bits per heavy atom. The standard InChI is InChI=1S/C11H7BrClN3O3/c12-8-2-1-3-9(16(17)18)11(8)19-6-7-4-5-10(13)15-14-7/h1-5H,6H2. The van der Waals surface area contributed by atoms with Crippen LogP contribution in [0.2, 0.25) is 5.15 Å². The van der Waals surface area contributed by atoms with Crippen LogP contribution in [0.3, 0.4) is 0 Å². The van der Waals surface area contributed by atoms with Crippen molar-refractivity contribution in [3.63, 3.8) is 0 Å². The summed E-state index contributed by atoms with van der Waals surface area (Å²) in [7, 11) is 0. The number of hydrogen-bond donors (Lipinski definition) is 0. The third-order valence-electron chi connectivity index (χ3n) is 2.19. The monoisotopic (exact) mass is 343 g/mol. The average molecular weight is 345 g/mol. The van der Waals surface area contributed by atoms with Crippen molar-refractivity contribution in [3.8, 4) is 5.75 Å². The van der Waals surface area contributed by atoms with E-state index in [1.165, 1.54) is 6.07 Å². The maximum atomic E-state index is 10.9. The number of nitrogens with zero attached hydrogens (tertiary/aromatic N) is 3. The molecule has 1 heterocycles. The van der Waals surface area contributed by atoms with E-state index in [4.69, 9.17) is 16.3 Å². The van der Waals surface area contributed by atoms with Crippen LogP contribution < -0.4 is 4.74 Å². The topological polar surface area (TPSA) is 78.2 Å². The van der Waals surface area contributed by atoms with E-state index in [1.807, 2.05) is 0 Å². The molecular weight excluding hydrogens is 337 g/mol. The SMILES string of the molecule is O=[N+]([O-])c1cccc(Br)c1OCc1ccc(Cl)nn1. The fraction of sp³-hybridized carbons (Fsp3) is 0.0909. The van der Waals surface area contributed by atoms with Crippen molar-refractivity contribution >= 4 is 33.2 Å². The fourth-order valence-corrected chi connectivity index (χ4v) is 1.92. The normalized spacial score (nSPS) is 10.2. The first-order valence-corrected chi connectivity index (χ1v) is 6.29. The lowest BCUT2D eigenvalue weighted by molar-refractivity contribution is -0.386. The van der Waals surface area contributed by atoms with Gasteiger partial charge in [-0.2, -0.15) is 5.10 Å². The second-order valence-corrected chi connectivity index (χ2v) is 4.72. The van der Waals surface area contributed by atoms with E-state index in [9.17, 15) is 10.1 Å². The summed E-state index contributed by atoms with van der Waals surface area (Å²) in [5.74, 6) is 0.157. The van der Waals surface area contributed by atoms with Gasteiger partial charge in [0.15, 0.2) is 5.15 Å². The summed E-state index contributed by atoms with van der Waals surface area (Å²) >= 11 is 8.82. The second-order valence-electron chi connectivity index (χ2n) is 3.48. The molecule has 0 radical (unpaired) electrons. The third kappa shape index (κ3) is 3.39. The van der Waals surface area contributed by atoms with Gasteiger partial charge in [0.25, 0.3) is 0 Å². The van der Waals surface area contributed by atoms with Crippen LogP contribution in [-0.4, -0.2) is 15.1 Å². The van der Waals surface area contributed by atoms with Crippen LogP contribution in [0.5, 0.6) is 5.75 Å². The van der Waals surface area contributed by atoms with Crippen molar-refractivity contribution in [1.29, 1.82) is 0 Å². The smallest absolute Gasteiger partial charge is 0.312 e. The molecule has 8 heteroatoms. The van der Waals surface area contributed by atoms with Crippen molar-refractivity contribution in [3.05, 3.63) is 55.8 Å². The minimum atomic E-state index is -0.506. The highest BCUT2D eigenvalue weighted by Crippen LogP contribution is 2.35. The second kappa shape index (κ2) is 5.94. The third-order valence-corrected chi connectivity index (χ3v) is 3.02. The number of nitro benzene ring substituents is 1. The predicted octanol–water partition coefficient (Wildman–Crippen LogP) is 3.38. The number of benzene rings is 1. The molecule has 0 atom stereocenters. The van der Waals surface area contributed by atoms with E-state index in [0.29, 0.717) is 10.2 Å². The summed E-state index contributed by atoms with van der Waals surface area (Å²) in [5.41, 5.74) is 0.408. The Morgan fingerprint density at radius 1 is 1.32 bits per heavy atom. The van der Waals surface area contributed by atoms with Crippen LogP contribution in [0.15, 0.2) is 34.8 Å². The summed E-state index contributed by atoms with van der Waals surface area (Å²) in [6, 6.07) is 7.81. The van der Waals surface area contributed by atoms with Crippen molar-refractivity contribution in [2.45, 2.75) is 6.61 Å². The summed E-state index contributed by atoms with van der Waals surface area (Å²) in [4.78, 5) is 10.4. The van der Waals surface area contributed by atoms with Crippen molar-refractivity contribution < 1.29 is 9.66 Å². The summed E-state index contributed by atoms with van der Waals surface area (Å²) in [6.07, 6.45) is 0. The highest BCUT2D eigenvalue weighted by atomic mass is 79.9. The number of rotatable bonds is 4. The van der Waals surface area contributed by atoms with Gasteiger partial charge in [0.05, 0.1) is 9.40 Å². The zero-order valence-corrected chi connectivity index (χ0v) is 11.8. The molecule has 0 N–H and O–H groups in total. The number of ether oxygens (including phenoxy) is 1. The van der Waals surface area contributed by atoms with Crippen molar-refractivity contribution in [1.82, 2.24) is 10.2 Å². The first-order valence-electron chi connectivity index (χ1n) is 5.11. The lowest BCUT2D eigenvalue weighted by atomic mass is 10.3. The molecule has 0 aliphatic heterocycles. The quantitative estimate of drug-likeness (QED) is 0.627. The lowest BCUT2D eigenvalue weighted by Gasteiger charge is -2.07. The first kappa shape index (κ1) is 13.7. The molecule has 98 valence electrons. The van der Waals surface area contributed by atoms with Gasteiger partial charge in [-0.1, -0.05) is 17.7 Å². The molecule has 0 bridgehead atoms. The number of halogens is 2.